The van der Waals surface area contributed by atoms with Crippen LogP contribution in [0, 0.1) is 6.92 Å². The minimum atomic E-state index is -0.701. The quantitative estimate of drug-likeness (QED) is 0.674. The molecule has 2 N–H and O–H groups in total. The zero-order valence-corrected chi connectivity index (χ0v) is 16.2. The summed E-state index contributed by atoms with van der Waals surface area (Å²) < 4.78 is 12.0. The van der Waals surface area contributed by atoms with Gasteiger partial charge in [-0.1, -0.05) is 41.1 Å². The molecule has 0 saturated carbocycles. The third-order valence-electron chi connectivity index (χ3n) is 3.51. The van der Waals surface area contributed by atoms with Gasteiger partial charge >= 0.3 is 0 Å². The molecule has 2 aromatic rings. The van der Waals surface area contributed by atoms with E-state index in [0.29, 0.717) is 17.9 Å². The number of para-hydroxylation sites is 1. The summed E-state index contributed by atoms with van der Waals surface area (Å²) in [5, 5.41) is 0. The number of carbonyl (C=O) groups is 2. The van der Waals surface area contributed by atoms with Crippen molar-refractivity contribution in [3.63, 3.8) is 0 Å². The van der Waals surface area contributed by atoms with Gasteiger partial charge in [0.1, 0.15) is 11.5 Å². The molecule has 0 radical (unpaired) electrons. The van der Waals surface area contributed by atoms with Crippen molar-refractivity contribution in [1.29, 1.82) is 0 Å². The van der Waals surface area contributed by atoms with Gasteiger partial charge in [0.2, 0.25) is 0 Å². The van der Waals surface area contributed by atoms with Crippen molar-refractivity contribution in [3.8, 4) is 11.5 Å². The van der Waals surface area contributed by atoms with E-state index in [0.717, 1.165) is 10.0 Å². The molecule has 138 valence electrons. The monoisotopic (exact) mass is 420 g/mol. The van der Waals surface area contributed by atoms with Gasteiger partial charge in [-0.05, 0) is 49.2 Å². The van der Waals surface area contributed by atoms with Gasteiger partial charge in [-0.3, -0.25) is 20.4 Å². The van der Waals surface area contributed by atoms with E-state index >= 15 is 0 Å². The number of halogens is 1. The molecule has 0 bridgehead atoms. The summed E-state index contributed by atoms with van der Waals surface area (Å²) in [5.74, 6) is 0.276. The first-order valence-electron chi connectivity index (χ1n) is 8.19. The molecule has 0 spiro atoms. The lowest BCUT2D eigenvalue weighted by molar-refractivity contribution is -0.134. The van der Waals surface area contributed by atoms with Crippen molar-refractivity contribution in [2.75, 3.05) is 6.61 Å². The SMILES string of the molecule is CCC(Oc1ccccc1)C(=O)NNC(=O)COc1ccc(Br)c(C)c1. The summed E-state index contributed by atoms with van der Waals surface area (Å²) in [6, 6.07) is 14.5. The summed E-state index contributed by atoms with van der Waals surface area (Å²) in [5.41, 5.74) is 5.69. The van der Waals surface area contributed by atoms with Crippen LogP contribution in [0.2, 0.25) is 0 Å². The van der Waals surface area contributed by atoms with Gasteiger partial charge in [0.05, 0.1) is 0 Å². The maximum absolute atomic E-state index is 12.1. The van der Waals surface area contributed by atoms with E-state index in [1.807, 2.05) is 44.2 Å². The van der Waals surface area contributed by atoms with Gasteiger partial charge in [0.15, 0.2) is 12.7 Å². The fraction of sp³-hybridized carbons (Fsp3) is 0.263. The Labute approximate surface area is 161 Å². The zero-order chi connectivity index (χ0) is 18.9. The van der Waals surface area contributed by atoms with Crippen LogP contribution in [0.4, 0.5) is 0 Å². The highest BCUT2D eigenvalue weighted by molar-refractivity contribution is 9.10. The first kappa shape index (κ1) is 19.8. The molecule has 0 saturated heterocycles. The maximum atomic E-state index is 12.1. The number of nitrogens with one attached hydrogen (secondary N) is 2. The number of aryl methyl sites for hydroxylation is 1. The molecular formula is C19H21BrN2O4. The van der Waals surface area contributed by atoms with E-state index in [4.69, 9.17) is 9.47 Å². The number of hydrogen-bond acceptors (Lipinski definition) is 4. The minimum Gasteiger partial charge on any atom is -0.484 e. The summed E-state index contributed by atoms with van der Waals surface area (Å²) in [4.78, 5) is 24.0. The second kappa shape index (κ2) is 9.82. The zero-order valence-electron chi connectivity index (χ0n) is 14.6. The predicted molar refractivity (Wildman–Crippen MR) is 102 cm³/mol. The fourth-order valence-corrected chi connectivity index (χ4v) is 2.34. The number of rotatable bonds is 7. The first-order chi connectivity index (χ1) is 12.5. The maximum Gasteiger partial charge on any atom is 0.279 e. The highest BCUT2D eigenvalue weighted by atomic mass is 79.9. The Morgan fingerprint density at radius 1 is 1.08 bits per heavy atom. The Morgan fingerprint density at radius 3 is 2.46 bits per heavy atom. The molecule has 1 unspecified atom stereocenters. The molecule has 0 fully saturated rings. The van der Waals surface area contributed by atoms with Gasteiger partial charge in [0, 0.05) is 4.47 Å². The number of carbonyl (C=O) groups excluding carboxylic acids is 2. The van der Waals surface area contributed by atoms with Crippen LogP contribution >= 0.6 is 15.9 Å². The summed E-state index contributed by atoms with van der Waals surface area (Å²) >= 11 is 3.40. The van der Waals surface area contributed by atoms with Crippen LogP contribution in [0.5, 0.6) is 11.5 Å². The van der Waals surface area contributed by atoms with Crippen molar-refractivity contribution in [1.82, 2.24) is 10.9 Å². The molecule has 6 nitrogen and oxygen atoms in total. The fourth-order valence-electron chi connectivity index (χ4n) is 2.09. The molecule has 2 aromatic carbocycles. The molecule has 0 aliphatic carbocycles. The third-order valence-corrected chi connectivity index (χ3v) is 4.40. The Morgan fingerprint density at radius 2 is 1.81 bits per heavy atom. The molecule has 7 heteroatoms. The molecule has 26 heavy (non-hydrogen) atoms. The first-order valence-corrected chi connectivity index (χ1v) is 8.98. The van der Waals surface area contributed by atoms with Crippen LogP contribution in [-0.4, -0.2) is 24.5 Å². The van der Waals surface area contributed by atoms with E-state index in [-0.39, 0.29) is 6.61 Å². The van der Waals surface area contributed by atoms with Gasteiger partial charge < -0.3 is 9.47 Å². The van der Waals surface area contributed by atoms with Crippen molar-refractivity contribution in [2.45, 2.75) is 26.4 Å². The van der Waals surface area contributed by atoms with Crippen molar-refractivity contribution >= 4 is 27.7 Å². The van der Waals surface area contributed by atoms with Gasteiger partial charge in [-0.15, -0.1) is 0 Å². The summed E-state index contributed by atoms with van der Waals surface area (Å²) in [7, 11) is 0. The highest BCUT2D eigenvalue weighted by Crippen LogP contribution is 2.21. The second-order valence-corrected chi connectivity index (χ2v) is 6.42. The molecule has 0 aliphatic rings. The van der Waals surface area contributed by atoms with Crippen LogP contribution < -0.4 is 20.3 Å². The van der Waals surface area contributed by atoms with Gasteiger partial charge in [-0.25, -0.2) is 0 Å². The molecule has 0 aromatic heterocycles. The Hall–Kier alpha value is -2.54. The van der Waals surface area contributed by atoms with Gasteiger partial charge in [0.25, 0.3) is 11.8 Å². The lowest BCUT2D eigenvalue weighted by Crippen LogP contribution is -2.49. The lowest BCUT2D eigenvalue weighted by atomic mass is 10.2. The molecule has 2 rings (SSSR count). The third kappa shape index (κ3) is 6.07. The predicted octanol–water partition coefficient (Wildman–Crippen LogP) is 3.14. The second-order valence-electron chi connectivity index (χ2n) is 5.56. The average Bonchev–Trinajstić information content (AvgIpc) is 2.66. The van der Waals surface area contributed by atoms with Crippen LogP contribution in [0.25, 0.3) is 0 Å². The number of ether oxygens (including phenoxy) is 2. The van der Waals surface area contributed by atoms with Crippen molar-refractivity contribution < 1.29 is 19.1 Å². The smallest absolute Gasteiger partial charge is 0.279 e. The number of amides is 2. The Bertz CT molecular complexity index is 752. The lowest BCUT2D eigenvalue weighted by Gasteiger charge is -2.17. The summed E-state index contributed by atoms with van der Waals surface area (Å²) in [6.45, 7) is 3.54. The molecule has 1 atom stereocenters. The van der Waals surface area contributed by atoms with Crippen LogP contribution in [-0.2, 0) is 9.59 Å². The summed E-state index contributed by atoms with van der Waals surface area (Å²) in [6.07, 6.45) is -0.238. The molecule has 0 aliphatic heterocycles. The number of benzene rings is 2. The van der Waals surface area contributed by atoms with Crippen LogP contribution in [0.1, 0.15) is 18.9 Å². The van der Waals surface area contributed by atoms with E-state index in [1.165, 1.54) is 0 Å². The average molecular weight is 421 g/mol. The van der Waals surface area contributed by atoms with Crippen LogP contribution in [0.3, 0.4) is 0 Å². The van der Waals surface area contributed by atoms with E-state index in [2.05, 4.69) is 26.8 Å². The highest BCUT2D eigenvalue weighted by Gasteiger charge is 2.19. The largest absolute Gasteiger partial charge is 0.484 e. The van der Waals surface area contributed by atoms with E-state index in [1.54, 1.807) is 18.2 Å². The van der Waals surface area contributed by atoms with Crippen molar-refractivity contribution in [2.24, 2.45) is 0 Å². The normalized spacial score (nSPS) is 11.3. The van der Waals surface area contributed by atoms with Gasteiger partial charge in [-0.2, -0.15) is 0 Å². The Kier molecular flexibility index (Phi) is 7.47. The molecule has 2 amide bonds. The standard InChI is InChI=1S/C19H21BrN2O4/c1-3-17(26-14-7-5-4-6-8-14)19(24)22-21-18(23)12-25-15-9-10-16(20)13(2)11-15/h4-11,17H,3,12H2,1-2H3,(H,21,23)(H,22,24). The van der Waals surface area contributed by atoms with E-state index in [9.17, 15) is 9.59 Å². The van der Waals surface area contributed by atoms with Crippen molar-refractivity contribution in [3.05, 3.63) is 58.6 Å². The number of hydrazine groups is 1. The Balaban J connectivity index is 1.77. The molecular weight excluding hydrogens is 400 g/mol. The van der Waals surface area contributed by atoms with E-state index < -0.39 is 17.9 Å². The van der Waals surface area contributed by atoms with Crippen LogP contribution in [0.15, 0.2) is 53.0 Å². The topological polar surface area (TPSA) is 76.7 Å². The number of hydrogen-bond donors (Lipinski definition) is 2. The molecule has 0 heterocycles. The minimum absolute atomic E-state index is 0.211.